The van der Waals surface area contributed by atoms with Crippen molar-refractivity contribution >= 4 is 15.9 Å². The third kappa shape index (κ3) is 2.82. The van der Waals surface area contributed by atoms with Crippen LogP contribution in [-0.2, 0) is 13.5 Å². The van der Waals surface area contributed by atoms with Gasteiger partial charge in [-0.15, -0.1) is 0 Å². The maximum absolute atomic E-state index is 5.67. The first-order valence-corrected chi connectivity index (χ1v) is 6.09. The second-order valence-corrected chi connectivity index (χ2v) is 4.46. The van der Waals surface area contributed by atoms with Crippen LogP contribution in [0.4, 0.5) is 0 Å². The fraction of sp³-hybridized carbons (Fsp3) is 0.364. The molecule has 0 atom stereocenters. The topological polar surface area (TPSA) is 52.8 Å². The average molecular weight is 297 g/mol. The lowest BCUT2D eigenvalue weighted by atomic mass is 10.4. The van der Waals surface area contributed by atoms with Gasteiger partial charge in [0, 0.05) is 25.6 Å². The summed E-state index contributed by atoms with van der Waals surface area (Å²) in [6, 6.07) is 3.60. The highest BCUT2D eigenvalue weighted by molar-refractivity contribution is 9.10. The third-order valence-electron chi connectivity index (χ3n) is 2.20. The minimum atomic E-state index is 0.520. The van der Waals surface area contributed by atoms with E-state index in [1.807, 2.05) is 27.0 Å². The SMILES string of the molecule is CCc1nc(Br)cc(Oc2cc(C)nn2C)n1. The molecule has 2 aromatic heterocycles. The van der Waals surface area contributed by atoms with Gasteiger partial charge in [0.1, 0.15) is 10.4 Å². The largest absolute Gasteiger partial charge is 0.421 e. The Morgan fingerprint density at radius 1 is 1.35 bits per heavy atom. The number of ether oxygens (including phenoxy) is 1. The lowest BCUT2D eigenvalue weighted by Gasteiger charge is -2.05. The zero-order valence-corrected chi connectivity index (χ0v) is 11.5. The van der Waals surface area contributed by atoms with Gasteiger partial charge in [0.2, 0.25) is 11.8 Å². The number of hydrogen-bond acceptors (Lipinski definition) is 4. The molecule has 0 saturated carbocycles. The zero-order chi connectivity index (χ0) is 12.4. The van der Waals surface area contributed by atoms with E-state index in [-0.39, 0.29) is 0 Å². The highest BCUT2D eigenvalue weighted by Crippen LogP contribution is 2.22. The number of aryl methyl sites for hydroxylation is 3. The molecule has 0 aliphatic rings. The molecule has 6 heteroatoms. The quantitative estimate of drug-likeness (QED) is 0.817. The van der Waals surface area contributed by atoms with E-state index in [9.17, 15) is 0 Å². The van der Waals surface area contributed by atoms with Crippen LogP contribution < -0.4 is 4.74 Å². The molecule has 0 fully saturated rings. The van der Waals surface area contributed by atoms with Crippen molar-refractivity contribution in [2.24, 2.45) is 7.05 Å². The molecule has 0 bridgehead atoms. The summed E-state index contributed by atoms with van der Waals surface area (Å²) in [5.74, 6) is 1.93. The van der Waals surface area contributed by atoms with Gasteiger partial charge < -0.3 is 4.74 Å². The van der Waals surface area contributed by atoms with Gasteiger partial charge in [-0.2, -0.15) is 10.1 Å². The first-order chi connectivity index (χ1) is 8.08. The molecule has 0 spiro atoms. The Kier molecular flexibility index (Phi) is 3.42. The lowest BCUT2D eigenvalue weighted by molar-refractivity contribution is 0.412. The van der Waals surface area contributed by atoms with Gasteiger partial charge in [-0.05, 0) is 22.9 Å². The summed E-state index contributed by atoms with van der Waals surface area (Å²) in [6.45, 7) is 3.92. The summed E-state index contributed by atoms with van der Waals surface area (Å²) >= 11 is 3.34. The molecule has 2 heterocycles. The fourth-order valence-electron chi connectivity index (χ4n) is 1.44. The summed E-state index contributed by atoms with van der Waals surface area (Å²) < 4.78 is 8.07. The molecule has 0 amide bonds. The summed E-state index contributed by atoms with van der Waals surface area (Å²) in [7, 11) is 1.83. The summed E-state index contributed by atoms with van der Waals surface area (Å²) in [6.07, 6.45) is 0.764. The van der Waals surface area contributed by atoms with E-state index >= 15 is 0 Å². The maximum atomic E-state index is 5.67. The van der Waals surface area contributed by atoms with E-state index in [1.165, 1.54) is 0 Å². The van der Waals surface area contributed by atoms with Crippen molar-refractivity contribution in [3.63, 3.8) is 0 Å². The number of rotatable bonds is 3. The van der Waals surface area contributed by atoms with Crippen molar-refractivity contribution in [1.82, 2.24) is 19.7 Å². The van der Waals surface area contributed by atoms with Crippen LogP contribution in [0.5, 0.6) is 11.8 Å². The van der Waals surface area contributed by atoms with E-state index < -0.39 is 0 Å². The van der Waals surface area contributed by atoms with E-state index in [2.05, 4.69) is 31.0 Å². The Morgan fingerprint density at radius 2 is 2.12 bits per heavy atom. The normalized spacial score (nSPS) is 10.6. The number of aromatic nitrogens is 4. The first kappa shape index (κ1) is 12.0. The van der Waals surface area contributed by atoms with Crippen molar-refractivity contribution in [2.45, 2.75) is 20.3 Å². The molecular weight excluding hydrogens is 284 g/mol. The van der Waals surface area contributed by atoms with Crippen molar-refractivity contribution in [2.75, 3.05) is 0 Å². The minimum Gasteiger partial charge on any atom is -0.421 e. The summed E-state index contributed by atoms with van der Waals surface area (Å²) in [5, 5.41) is 4.21. The van der Waals surface area contributed by atoms with E-state index in [0.717, 1.165) is 22.5 Å². The van der Waals surface area contributed by atoms with Crippen LogP contribution in [0.1, 0.15) is 18.4 Å². The van der Waals surface area contributed by atoms with Crippen LogP contribution in [0.25, 0.3) is 0 Å². The smallest absolute Gasteiger partial charge is 0.225 e. The van der Waals surface area contributed by atoms with Crippen molar-refractivity contribution < 1.29 is 4.74 Å². The molecule has 0 saturated heterocycles. The molecule has 0 unspecified atom stereocenters. The van der Waals surface area contributed by atoms with Crippen LogP contribution in [0.3, 0.4) is 0 Å². The number of halogens is 1. The highest BCUT2D eigenvalue weighted by Gasteiger charge is 2.07. The average Bonchev–Trinajstić information content (AvgIpc) is 2.56. The summed E-state index contributed by atoms with van der Waals surface area (Å²) in [4.78, 5) is 8.52. The highest BCUT2D eigenvalue weighted by atomic mass is 79.9. The second kappa shape index (κ2) is 4.83. The van der Waals surface area contributed by atoms with Crippen LogP contribution in [0, 0.1) is 6.92 Å². The molecular formula is C11H13BrN4O. The second-order valence-electron chi connectivity index (χ2n) is 3.65. The zero-order valence-electron chi connectivity index (χ0n) is 9.94. The van der Waals surface area contributed by atoms with E-state index in [4.69, 9.17) is 4.74 Å². The summed E-state index contributed by atoms with van der Waals surface area (Å²) in [5.41, 5.74) is 0.909. The Hall–Kier alpha value is -1.43. The molecule has 0 N–H and O–H groups in total. The van der Waals surface area contributed by atoms with Gasteiger partial charge in [0.15, 0.2) is 0 Å². The molecule has 0 radical (unpaired) electrons. The molecule has 2 aromatic rings. The van der Waals surface area contributed by atoms with Crippen molar-refractivity contribution in [3.8, 4) is 11.8 Å². The van der Waals surface area contributed by atoms with Gasteiger partial charge in [-0.1, -0.05) is 6.92 Å². The molecule has 0 aromatic carbocycles. The minimum absolute atomic E-state index is 0.520. The molecule has 90 valence electrons. The van der Waals surface area contributed by atoms with Gasteiger partial charge in [-0.25, -0.2) is 9.67 Å². The maximum Gasteiger partial charge on any atom is 0.225 e. The first-order valence-electron chi connectivity index (χ1n) is 5.30. The van der Waals surface area contributed by atoms with Crippen LogP contribution in [-0.4, -0.2) is 19.7 Å². The predicted octanol–water partition coefficient (Wildman–Crippen LogP) is 2.64. The van der Waals surface area contributed by atoms with Crippen LogP contribution in [0.15, 0.2) is 16.7 Å². The van der Waals surface area contributed by atoms with Gasteiger partial charge in [0.05, 0.1) is 5.69 Å². The molecule has 5 nitrogen and oxygen atoms in total. The van der Waals surface area contributed by atoms with E-state index in [1.54, 1.807) is 10.7 Å². The monoisotopic (exact) mass is 296 g/mol. The molecule has 2 rings (SSSR count). The van der Waals surface area contributed by atoms with Crippen molar-refractivity contribution in [3.05, 3.63) is 28.3 Å². The third-order valence-corrected chi connectivity index (χ3v) is 2.61. The number of nitrogens with zero attached hydrogens (tertiary/aromatic N) is 4. The van der Waals surface area contributed by atoms with Gasteiger partial charge in [-0.3, -0.25) is 0 Å². The molecule has 0 aliphatic carbocycles. The fourth-order valence-corrected chi connectivity index (χ4v) is 1.84. The Balaban J connectivity index is 2.29. The predicted molar refractivity (Wildman–Crippen MR) is 67.1 cm³/mol. The van der Waals surface area contributed by atoms with Crippen LogP contribution >= 0.6 is 15.9 Å². The van der Waals surface area contributed by atoms with Crippen LogP contribution in [0.2, 0.25) is 0 Å². The molecule has 17 heavy (non-hydrogen) atoms. The Labute approximate surface area is 108 Å². The Morgan fingerprint density at radius 3 is 2.71 bits per heavy atom. The molecule has 0 aliphatic heterocycles. The standard InChI is InChI=1S/C11H13BrN4O/c1-4-9-13-8(12)6-10(14-9)17-11-5-7(2)15-16(11)3/h5-6H,4H2,1-3H3. The van der Waals surface area contributed by atoms with Crippen molar-refractivity contribution in [1.29, 1.82) is 0 Å². The lowest BCUT2D eigenvalue weighted by Crippen LogP contribution is -1.99. The van der Waals surface area contributed by atoms with E-state index in [0.29, 0.717) is 11.8 Å². The van der Waals surface area contributed by atoms with Gasteiger partial charge in [0.25, 0.3) is 0 Å². The number of hydrogen-bond donors (Lipinski definition) is 0. The Bertz CT molecular complexity index is 538. The van der Waals surface area contributed by atoms with Gasteiger partial charge >= 0.3 is 0 Å².